The number of hydrogen-bond acceptors (Lipinski definition) is 3. The third-order valence-electron chi connectivity index (χ3n) is 3.11. The molecule has 0 saturated heterocycles. The fourth-order valence-corrected chi connectivity index (χ4v) is 3.63. The van der Waals surface area contributed by atoms with Crippen LogP contribution in [0, 0.1) is 17.4 Å². The van der Waals surface area contributed by atoms with Gasteiger partial charge in [-0.25, -0.2) is 4.98 Å². The van der Waals surface area contributed by atoms with E-state index in [0.717, 1.165) is 22.9 Å². The normalized spacial score (nSPS) is 11.1. The number of rotatable bonds is 3. The van der Waals surface area contributed by atoms with Crippen LogP contribution < -0.4 is 5.32 Å². The summed E-state index contributed by atoms with van der Waals surface area (Å²) in [6, 6.07) is 8.40. The number of anilines is 1. The third-order valence-corrected chi connectivity index (χ3v) is 4.73. The first-order chi connectivity index (χ1) is 9.15. The molecule has 0 aliphatic carbocycles. The zero-order valence-electron chi connectivity index (χ0n) is 10.8. The minimum atomic E-state index is 0.796. The molecule has 0 saturated carbocycles. The topological polar surface area (TPSA) is 29.3 Å². The number of imidazole rings is 1. The zero-order chi connectivity index (χ0) is 13.4. The molecule has 2 heterocycles. The zero-order valence-corrected chi connectivity index (χ0v) is 13.7. The second-order valence-corrected chi connectivity index (χ2v) is 6.59. The van der Waals surface area contributed by atoms with Crippen molar-refractivity contribution in [2.24, 2.45) is 0 Å². The Hall–Kier alpha value is -1.08. The summed E-state index contributed by atoms with van der Waals surface area (Å²) in [6.07, 6.45) is 0. The van der Waals surface area contributed by atoms with Gasteiger partial charge in [-0.1, -0.05) is 6.07 Å². The van der Waals surface area contributed by atoms with E-state index in [-0.39, 0.29) is 0 Å². The van der Waals surface area contributed by atoms with E-state index in [0.29, 0.717) is 0 Å². The predicted molar refractivity (Wildman–Crippen MR) is 89.0 cm³/mol. The maximum Gasteiger partial charge on any atom is 0.194 e. The second-order valence-electron chi connectivity index (χ2n) is 4.50. The number of thiazole rings is 1. The van der Waals surface area contributed by atoms with Crippen molar-refractivity contribution in [2.45, 2.75) is 20.4 Å². The average molecular weight is 383 g/mol. The molecule has 1 N–H and O–H groups in total. The molecule has 0 fully saturated rings. The molecule has 3 rings (SSSR count). The molecule has 1 aromatic carbocycles. The molecule has 5 heteroatoms. The van der Waals surface area contributed by atoms with Crippen molar-refractivity contribution in [3.8, 4) is 0 Å². The second kappa shape index (κ2) is 5.13. The van der Waals surface area contributed by atoms with Crippen LogP contribution in [0.4, 0.5) is 5.69 Å². The molecule has 0 unspecified atom stereocenters. The fourth-order valence-electron chi connectivity index (χ4n) is 2.16. The molecule has 0 atom stereocenters. The molecular weight excluding hydrogens is 369 g/mol. The number of hydrogen-bond donors (Lipinski definition) is 1. The highest BCUT2D eigenvalue weighted by atomic mass is 127. The molecule has 19 heavy (non-hydrogen) atoms. The van der Waals surface area contributed by atoms with E-state index in [4.69, 9.17) is 0 Å². The average Bonchev–Trinajstić information content (AvgIpc) is 2.87. The van der Waals surface area contributed by atoms with Gasteiger partial charge >= 0.3 is 0 Å². The van der Waals surface area contributed by atoms with Crippen LogP contribution in [-0.2, 0) is 6.54 Å². The van der Waals surface area contributed by atoms with Crippen LogP contribution in [0.1, 0.15) is 17.1 Å². The Labute approximate surface area is 129 Å². The van der Waals surface area contributed by atoms with Crippen LogP contribution in [0.15, 0.2) is 29.6 Å². The highest BCUT2D eigenvalue weighted by molar-refractivity contribution is 14.1. The summed E-state index contributed by atoms with van der Waals surface area (Å²) in [7, 11) is 0. The number of fused-ring (bicyclic) bond motifs is 1. The molecule has 0 spiro atoms. The smallest absolute Gasteiger partial charge is 0.194 e. The Kier molecular flexibility index (Phi) is 3.49. The SMILES string of the molecule is Cc1nc2scc(C)n2c1CNc1cccc(I)c1. The van der Waals surface area contributed by atoms with E-state index >= 15 is 0 Å². The summed E-state index contributed by atoms with van der Waals surface area (Å²) in [4.78, 5) is 5.68. The van der Waals surface area contributed by atoms with Gasteiger partial charge in [0.15, 0.2) is 4.96 Å². The Morgan fingerprint density at radius 2 is 2.21 bits per heavy atom. The lowest BCUT2D eigenvalue weighted by Crippen LogP contribution is -2.04. The van der Waals surface area contributed by atoms with E-state index in [1.807, 2.05) is 0 Å². The van der Waals surface area contributed by atoms with Gasteiger partial charge in [-0.3, -0.25) is 4.40 Å². The van der Waals surface area contributed by atoms with Gasteiger partial charge in [0.1, 0.15) is 0 Å². The van der Waals surface area contributed by atoms with E-state index in [1.165, 1.54) is 15.0 Å². The molecule has 0 radical (unpaired) electrons. The van der Waals surface area contributed by atoms with Crippen LogP contribution >= 0.6 is 33.9 Å². The van der Waals surface area contributed by atoms with Crippen molar-refractivity contribution in [1.29, 1.82) is 0 Å². The van der Waals surface area contributed by atoms with Gasteiger partial charge in [0.05, 0.1) is 17.9 Å². The summed E-state index contributed by atoms with van der Waals surface area (Å²) in [6.45, 7) is 5.00. The molecule has 2 aromatic heterocycles. The molecule has 0 bridgehead atoms. The summed E-state index contributed by atoms with van der Waals surface area (Å²) < 4.78 is 3.48. The van der Waals surface area contributed by atoms with Crippen molar-refractivity contribution >= 4 is 44.6 Å². The highest BCUT2D eigenvalue weighted by Crippen LogP contribution is 2.21. The number of nitrogens with one attached hydrogen (secondary N) is 1. The van der Waals surface area contributed by atoms with E-state index in [1.54, 1.807) is 11.3 Å². The van der Waals surface area contributed by atoms with Crippen molar-refractivity contribution in [3.63, 3.8) is 0 Å². The monoisotopic (exact) mass is 383 g/mol. The molecule has 0 amide bonds. The molecule has 3 nitrogen and oxygen atoms in total. The minimum Gasteiger partial charge on any atom is -0.379 e. The maximum absolute atomic E-state index is 4.60. The van der Waals surface area contributed by atoms with Crippen LogP contribution in [0.2, 0.25) is 0 Å². The lowest BCUT2D eigenvalue weighted by Gasteiger charge is -2.07. The Morgan fingerprint density at radius 1 is 1.37 bits per heavy atom. The van der Waals surface area contributed by atoms with Crippen LogP contribution in [0.3, 0.4) is 0 Å². The number of aromatic nitrogens is 2. The molecule has 3 aromatic rings. The Morgan fingerprint density at radius 3 is 3.00 bits per heavy atom. The summed E-state index contributed by atoms with van der Waals surface area (Å²) >= 11 is 4.02. The molecule has 98 valence electrons. The summed E-state index contributed by atoms with van der Waals surface area (Å²) in [5, 5.41) is 5.63. The lowest BCUT2D eigenvalue weighted by atomic mass is 10.3. The van der Waals surface area contributed by atoms with Crippen LogP contribution in [-0.4, -0.2) is 9.38 Å². The predicted octanol–water partition coefficient (Wildman–Crippen LogP) is 4.23. The first kappa shape index (κ1) is 12.9. The quantitative estimate of drug-likeness (QED) is 0.686. The third kappa shape index (κ3) is 2.49. The Bertz CT molecular complexity index is 729. The lowest BCUT2D eigenvalue weighted by molar-refractivity contribution is 0.966. The van der Waals surface area contributed by atoms with Crippen molar-refractivity contribution in [3.05, 3.63) is 50.3 Å². The number of aryl methyl sites for hydroxylation is 2. The molecule has 0 aliphatic rings. The minimum absolute atomic E-state index is 0.796. The van der Waals surface area contributed by atoms with Gasteiger partial charge in [-0.05, 0) is 54.6 Å². The number of benzene rings is 1. The van der Waals surface area contributed by atoms with Crippen molar-refractivity contribution in [2.75, 3.05) is 5.32 Å². The largest absolute Gasteiger partial charge is 0.379 e. The van der Waals surface area contributed by atoms with Gasteiger partial charge in [0.2, 0.25) is 0 Å². The van der Waals surface area contributed by atoms with E-state index in [2.05, 4.69) is 80.8 Å². The van der Waals surface area contributed by atoms with Gasteiger partial charge < -0.3 is 5.32 Å². The first-order valence-corrected chi connectivity index (χ1v) is 8.02. The van der Waals surface area contributed by atoms with E-state index < -0.39 is 0 Å². The van der Waals surface area contributed by atoms with Crippen LogP contribution in [0.25, 0.3) is 4.96 Å². The fraction of sp³-hybridized carbons (Fsp3) is 0.214. The maximum atomic E-state index is 4.60. The standard InChI is InChI=1S/C14H14IN3S/c1-9-8-19-14-17-10(2)13(18(9)14)7-16-12-5-3-4-11(15)6-12/h3-6,8,16H,7H2,1-2H3. The van der Waals surface area contributed by atoms with Gasteiger partial charge in [0, 0.05) is 20.3 Å². The first-order valence-electron chi connectivity index (χ1n) is 6.06. The van der Waals surface area contributed by atoms with Gasteiger partial charge in [0.25, 0.3) is 0 Å². The summed E-state index contributed by atoms with van der Waals surface area (Å²) in [5.41, 5.74) is 4.75. The molecule has 0 aliphatic heterocycles. The highest BCUT2D eigenvalue weighted by Gasteiger charge is 2.11. The number of nitrogens with zero attached hydrogens (tertiary/aromatic N) is 2. The van der Waals surface area contributed by atoms with Gasteiger partial charge in [-0.15, -0.1) is 11.3 Å². The Balaban J connectivity index is 1.89. The van der Waals surface area contributed by atoms with Crippen LogP contribution in [0.5, 0.6) is 0 Å². The summed E-state index contributed by atoms with van der Waals surface area (Å²) in [5.74, 6) is 0. The van der Waals surface area contributed by atoms with Gasteiger partial charge in [-0.2, -0.15) is 0 Å². The molecular formula is C14H14IN3S. The number of halogens is 1. The van der Waals surface area contributed by atoms with E-state index in [9.17, 15) is 0 Å². The van der Waals surface area contributed by atoms with Crippen molar-refractivity contribution < 1.29 is 0 Å². The van der Waals surface area contributed by atoms with Crippen molar-refractivity contribution in [1.82, 2.24) is 9.38 Å².